The molecule has 5 nitrogen and oxygen atoms in total. The van der Waals surface area contributed by atoms with E-state index >= 15 is 0 Å². The molecular formula is C28H20N2O3. The quantitative estimate of drug-likeness (QED) is 0.357. The fourth-order valence-electron chi connectivity index (χ4n) is 5.71. The number of ether oxygens (including phenoxy) is 1. The molecule has 0 saturated carbocycles. The molecule has 3 aliphatic carbocycles. The molecule has 1 aliphatic heterocycles. The van der Waals surface area contributed by atoms with Gasteiger partial charge < -0.3 is 4.74 Å². The molecule has 4 aliphatic rings. The smallest absolute Gasteiger partial charge is 0.254 e. The van der Waals surface area contributed by atoms with E-state index in [1.54, 1.807) is 12.1 Å². The first-order chi connectivity index (χ1) is 16.2. The number of benzene rings is 3. The average Bonchev–Trinajstić information content (AvgIpc) is 3.11. The van der Waals surface area contributed by atoms with E-state index in [4.69, 9.17) is 11.2 Å². The van der Waals surface area contributed by atoms with E-state index in [1.807, 2.05) is 36.4 Å². The van der Waals surface area contributed by atoms with Crippen molar-refractivity contribution < 1.29 is 14.3 Å². The van der Waals surface area contributed by atoms with Gasteiger partial charge in [-0.3, -0.25) is 9.59 Å². The topological polar surface area (TPSA) is 59.0 Å². The molecule has 0 unspecified atom stereocenters. The summed E-state index contributed by atoms with van der Waals surface area (Å²) in [6.07, 6.45) is 6.78. The lowest BCUT2D eigenvalue weighted by Crippen LogP contribution is -2.41. The van der Waals surface area contributed by atoms with E-state index in [0.717, 1.165) is 32.8 Å². The van der Waals surface area contributed by atoms with Gasteiger partial charge >= 0.3 is 0 Å². The van der Waals surface area contributed by atoms with Crippen molar-refractivity contribution in [3.63, 3.8) is 0 Å². The van der Waals surface area contributed by atoms with Crippen LogP contribution in [0.1, 0.15) is 39.7 Å². The molecule has 1 heterocycles. The van der Waals surface area contributed by atoms with E-state index in [-0.39, 0.29) is 30.3 Å². The number of rotatable bonds is 4. The normalized spacial score (nSPS) is 24.4. The standard InChI is InChI=1S/C28H20N2O3/c1-2-14-33-18-9-7-8-17(15-18)16-29-30-27(31)25-23-19-10-3-4-11-20(19)24(26(25)28(30)32)22-13-6-5-12-21(22)23/h1,3-13,15-16,23-26H,14H2/b29-16-/t23?,24?,25-,26-/m0/s1. The lowest BCUT2D eigenvalue weighted by molar-refractivity contribution is -0.139. The zero-order valence-corrected chi connectivity index (χ0v) is 17.7. The Hall–Kier alpha value is -4.17. The third-order valence-corrected chi connectivity index (χ3v) is 6.93. The zero-order valence-electron chi connectivity index (χ0n) is 17.7. The van der Waals surface area contributed by atoms with Crippen molar-refractivity contribution in [2.24, 2.45) is 16.9 Å². The van der Waals surface area contributed by atoms with Gasteiger partial charge in [0.1, 0.15) is 12.4 Å². The Kier molecular flexibility index (Phi) is 4.41. The Labute approximate surface area is 191 Å². The summed E-state index contributed by atoms with van der Waals surface area (Å²) in [5.74, 6) is 1.42. The molecular weight excluding hydrogens is 412 g/mol. The summed E-state index contributed by atoms with van der Waals surface area (Å²) >= 11 is 0. The van der Waals surface area contributed by atoms with Crippen molar-refractivity contribution >= 4 is 18.0 Å². The lowest BCUT2D eigenvalue weighted by atomic mass is 9.55. The van der Waals surface area contributed by atoms with Crippen molar-refractivity contribution in [1.82, 2.24) is 5.01 Å². The number of hydrazone groups is 1. The molecule has 7 rings (SSSR count). The minimum atomic E-state index is -0.435. The first kappa shape index (κ1) is 19.5. The molecule has 5 heteroatoms. The SMILES string of the molecule is C#CCOc1cccc(/C=N\N2C(=O)[C@H]3C4c5ccccc5C(c5ccccc54)[C@@H]3C2=O)c1. The molecule has 3 aromatic carbocycles. The minimum Gasteiger partial charge on any atom is -0.481 e. The first-order valence-electron chi connectivity index (χ1n) is 10.9. The van der Waals surface area contributed by atoms with E-state index < -0.39 is 11.8 Å². The summed E-state index contributed by atoms with van der Waals surface area (Å²) in [6, 6.07) is 23.6. The van der Waals surface area contributed by atoms with Crippen LogP contribution < -0.4 is 4.74 Å². The first-order valence-corrected chi connectivity index (χ1v) is 10.9. The number of amides is 2. The van der Waals surface area contributed by atoms with Crippen LogP contribution in [-0.4, -0.2) is 29.6 Å². The highest BCUT2D eigenvalue weighted by Crippen LogP contribution is 2.60. The molecule has 1 saturated heterocycles. The summed E-state index contributed by atoms with van der Waals surface area (Å²) in [5, 5.41) is 5.41. The van der Waals surface area contributed by atoms with Crippen LogP contribution in [0.15, 0.2) is 77.9 Å². The third-order valence-electron chi connectivity index (χ3n) is 6.93. The molecule has 1 fully saturated rings. The van der Waals surface area contributed by atoms with Crippen LogP contribution in [-0.2, 0) is 9.59 Å². The van der Waals surface area contributed by atoms with Gasteiger partial charge in [-0.05, 0) is 39.9 Å². The number of hydrogen-bond acceptors (Lipinski definition) is 4. The van der Waals surface area contributed by atoms with Gasteiger partial charge in [0, 0.05) is 11.8 Å². The second-order valence-corrected chi connectivity index (χ2v) is 8.56. The summed E-state index contributed by atoms with van der Waals surface area (Å²) < 4.78 is 5.45. The van der Waals surface area contributed by atoms with Crippen LogP contribution in [0.5, 0.6) is 5.75 Å². The van der Waals surface area contributed by atoms with Crippen molar-refractivity contribution in [3.05, 3.63) is 101 Å². The fraction of sp³-hybridized carbons (Fsp3) is 0.179. The number of imide groups is 1. The van der Waals surface area contributed by atoms with E-state index in [1.165, 1.54) is 6.21 Å². The molecule has 2 bridgehead atoms. The monoisotopic (exact) mass is 432 g/mol. The van der Waals surface area contributed by atoms with Gasteiger partial charge in [-0.1, -0.05) is 66.6 Å². The van der Waals surface area contributed by atoms with Gasteiger partial charge in [-0.25, -0.2) is 0 Å². The largest absolute Gasteiger partial charge is 0.481 e. The van der Waals surface area contributed by atoms with Gasteiger partial charge in [0.05, 0.1) is 18.1 Å². The Morgan fingerprint density at radius 2 is 1.39 bits per heavy atom. The van der Waals surface area contributed by atoms with Crippen LogP contribution in [0.25, 0.3) is 0 Å². The van der Waals surface area contributed by atoms with Crippen molar-refractivity contribution in [2.45, 2.75) is 11.8 Å². The molecule has 0 radical (unpaired) electrons. The van der Waals surface area contributed by atoms with Crippen LogP contribution >= 0.6 is 0 Å². The summed E-state index contributed by atoms with van der Waals surface area (Å²) in [6.45, 7) is 0.164. The molecule has 0 N–H and O–H groups in total. The molecule has 0 spiro atoms. The number of carbonyl (C=O) groups is 2. The number of carbonyl (C=O) groups excluding carboxylic acids is 2. The number of terminal acetylenes is 1. The molecule has 160 valence electrons. The maximum atomic E-state index is 13.5. The minimum absolute atomic E-state index is 0.135. The zero-order chi connectivity index (χ0) is 22.5. The maximum absolute atomic E-state index is 13.5. The van der Waals surface area contributed by atoms with E-state index in [0.29, 0.717) is 5.75 Å². The maximum Gasteiger partial charge on any atom is 0.254 e. The van der Waals surface area contributed by atoms with Crippen LogP contribution in [0, 0.1) is 24.2 Å². The third kappa shape index (κ3) is 2.84. The van der Waals surface area contributed by atoms with Gasteiger partial charge in [-0.2, -0.15) is 10.1 Å². The molecule has 2 atom stereocenters. The van der Waals surface area contributed by atoms with Gasteiger partial charge in [0.2, 0.25) is 0 Å². The molecule has 0 aromatic heterocycles. The van der Waals surface area contributed by atoms with Gasteiger partial charge in [-0.15, -0.1) is 6.42 Å². The van der Waals surface area contributed by atoms with Crippen molar-refractivity contribution in [2.75, 3.05) is 6.61 Å². The Morgan fingerprint density at radius 3 is 1.91 bits per heavy atom. The molecule has 3 aromatic rings. The van der Waals surface area contributed by atoms with E-state index in [2.05, 4.69) is 35.3 Å². The molecule has 33 heavy (non-hydrogen) atoms. The average molecular weight is 432 g/mol. The fourth-order valence-corrected chi connectivity index (χ4v) is 5.71. The number of nitrogens with zero attached hydrogens (tertiary/aromatic N) is 2. The highest BCUT2D eigenvalue weighted by Gasteiger charge is 2.61. The Bertz CT molecular complexity index is 1250. The summed E-state index contributed by atoms with van der Waals surface area (Å²) in [7, 11) is 0. The predicted octanol–water partition coefficient (Wildman–Crippen LogP) is 3.92. The molecule has 2 amide bonds. The van der Waals surface area contributed by atoms with Crippen molar-refractivity contribution in [3.8, 4) is 18.1 Å². The van der Waals surface area contributed by atoms with Gasteiger partial charge in [0.15, 0.2) is 0 Å². The predicted molar refractivity (Wildman–Crippen MR) is 124 cm³/mol. The summed E-state index contributed by atoms with van der Waals surface area (Å²) in [4.78, 5) is 27.1. The Morgan fingerprint density at radius 1 is 0.848 bits per heavy atom. The Balaban J connectivity index is 1.37. The van der Waals surface area contributed by atoms with E-state index in [9.17, 15) is 9.59 Å². The van der Waals surface area contributed by atoms with Crippen LogP contribution in [0.2, 0.25) is 0 Å². The van der Waals surface area contributed by atoms with Crippen molar-refractivity contribution in [1.29, 1.82) is 0 Å². The van der Waals surface area contributed by atoms with Crippen LogP contribution in [0.4, 0.5) is 0 Å². The highest BCUT2D eigenvalue weighted by molar-refractivity contribution is 6.08. The highest BCUT2D eigenvalue weighted by atomic mass is 16.5. The van der Waals surface area contributed by atoms with Crippen LogP contribution in [0.3, 0.4) is 0 Å². The van der Waals surface area contributed by atoms with Gasteiger partial charge in [0.25, 0.3) is 11.8 Å². The lowest BCUT2D eigenvalue weighted by Gasteiger charge is -2.45. The second-order valence-electron chi connectivity index (χ2n) is 8.56. The number of hydrogen-bond donors (Lipinski definition) is 0. The summed E-state index contributed by atoms with van der Waals surface area (Å²) in [5.41, 5.74) is 5.30. The second kappa shape index (κ2) is 7.46.